The lowest BCUT2D eigenvalue weighted by Gasteiger charge is -2.65. The zero-order valence-electron chi connectivity index (χ0n) is 14.7. The first-order valence-electron chi connectivity index (χ1n) is 10.2. The minimum atomic E-state index is -0.418. The molecule has 4 nitrogen and oxygen atoms in total. The van der Waals surface area contributed by atoms with Gasteiger partial charge in [-0.15, -0.1) is 0 Å². The highest BCUT2D eigenvalue weighted by Crippen LogP contribution is 2.63. The van der Waals surface area contributed by atoms with Gasteiger partial charge in [-0.05, 0) is 49.4 Å². The number of hydrogen-bond donors (Lipinski definition) is 4. The van der Waals surface area contributed by atoms with E-state index in [0.717, 1.165) is 11.8 Å². The van der Waals surface area contributed by atoms with E-state index in [0.29, 0.717) is 17.9 Å². The van der Waals surface area contributed by atoms with Gasteiger partial charge in [0.1, 0.15) is 5.00 Å². The first kappa shape index (κ1) is 18.0. The van der Waals surface area contributed by atoms with E-state index in [1.807, 2.05) is 0 Å². The first-order valence-corrected chi connectivity index (χ1v) is 12.3. The van der Waals surface area contributed by atoms with Crippen molar-refractivity contribution in [2.75, 3.05) is 0 Å². The van der Waals surface area contributed by atoms with Crippen molar-refractivity contribution in [2.24, 2.45) is 23.7 Å². The molecule has 5 rings (SSSR count). The lowest BCUT2D eigenvalue weighted by Crippen LogP contribution is -2.86. The van der Waals surface area contributed by atoms with Gasteiger partial charge in [0.25, 0.3) is 0 Å². The van der Waals surface area contributed by atoms with Crippen molar-refractivity contribution in [1.29, 1.82) is 0 Å². The molecule has 1 spiro atoms. The summed E-state index contributed by atoms with van der Waals surface area (Å²) < 4.78 is 7.53. The van der Waals surface area contributed by atoms with E-state index in [-0.39, 0.29) is 10.5 Å². The number of nitrogens with one attached hydrogen (secondary N) is 4. The molecular formula is C18H30BrClN4S. The van der Waals surface area contributed by atoms with Gasteiger partial charge in [0, 0.05) is 12.1 Å². The second-order valence-corrected chi connectivity index (χ2v) is 11.1. The Morgan fingerprint density at radius 2 is 1.52 bits per heavy atom. The van der Waals surface area contributed by atoms with Crippen molar-refractivity contribution < 1.29 is 0 Å². The average Bonchev–Trinajstić information content (AvgIpc) is 2.79. The molecule has 8 atom stereocenters. The monoisotopic (exact) mass is 448 g/mol. The van der Waals surface area contributed by atoms with Crippen molar-refractivity contribution in [3.8, 4) is 0 Å². The Balaban J connectivity index is 1.65. The summed E-state index contributed by atoms with van der Waals surface area (Å²) in [5.74, 6) is 2.79. The lowest BCUT2D eigenvalue weighted by molar-refractivity contribution is -0.0837. The quantitative estimate of drug-likeness (QED) is 0.256. The van der Waals surface area contributed by atoms with Crippen LogP contribution < -0.4 is 20.3 Å². The summed E-state index contributed by atoms with van der Waals surface area (Å²) in [4.78, 5) is -0.230. The molecule has 0 bridgehead atoms. The normalized spacial score (nSPS) is 55.9. The molecule has 3 aliphatic carbocycles. The van der Waals surface area contributed by atoms with Crippen LogP contribution in [0.5, 0.6) is 0 Å². The Hall–Kier alpha value is 0.960. The summed E-state index contributed by atoms with van der Waals surface area (Å²) in [5, 5.41) is 0. The van der Waals surface area contributed by atoms with Crippen molar-refractivity contribution in [3.05, 3.63) is 0 Å². The molecule has 142 valence electrons. The minimum Gasteiger partial charge on any atom is -0.243 e. The van der Waals surface area contributed by atoms with Gasteiger partial charge < -0.3 is 0 Å². The fourth-order valence-electron chi connectivity index (χ4n) is 7.02. The molecule has 0 aromatic carbocycles. The van der Waals surface area contributed by atoms with Crippen molar-refractivity contribution >= 4 is 39.7 Å². The molecule has 3 saturated carbocycles. The fourth-order valence-corrected chi connectivity index (χ4v) is 9.66. The Morgan fingerprint density at radius 1 is 0.880 bits per heavy atom. The van der Waals surface area contributed by atoms with Gasteiger partial charge in [-0.2, -0.15) is 0 Å². The van der Waals surface area contributed by atoms with Gasteiger partial charge in [-0.3, -0.25) is 0 Å². The Bertz CT molecular complexity index is 527. The second-order valence-electron chi connectivity index (χ2n) is 8.87. The Morgan fingerprint density at radius 3 is 2.28 bits per heavy atom. The van der Waals surface area contributed by atoms with Crippen LogP contribution in [-0.2, 0) is 0 Å². The van der Waals surface area contributed by atoms with Gasteiger partial charge in [0.15, 0.2) is 0 Å². The highest BCUT2D eigenvalue weighted by molar-refractivity contribution is 9.09. The summed E-state index contributed by atoms with van der Waals surface area (Å²) in [6, 6.07) is 0.297. The molecule has 5 fully saturated rings. The zero-order chi connectivity index (χ0) is 17.1. The highest BCUT2D eigenvalue weighted by atomic mass is 79.9. The number of alkyl halides is 2. The van der Waals surface area contributed by atoms with E-state index in [1.165, 1.54) is 64.2 Å². The van der Waals surface area contributed by atoms with Crippen LogP contribution in [-0.4, -0.2) is 21.5 Å². The number of hydrazine groups is 1. The zero-order valence-corrected chi connectivity index (χ0v) is 17.9. The summed E-state index contributed by atoms with van der Waals surface area (Å²) in [5.41, 5.74) is 7.02. The Labute approximate surface area is 169 Å². The third-order valence-corrected chi connectivity index (χ3v) is 10.2. The van der Waals surface area contributed by atoms with Crippen LogP contribution in [0, 0.1) is 23.7 Å². The molecule has 7 heteroatoms. The maximum atomic E-state index is 7.64. The van der Waals surface area contributed by atoms with E-state index >= 15 is 0 Å². The summed E-state index contributed by atoms with van der Waals surface area (Å²) in [6.45, 7) is 0. The summed E-state index contributed by atoms with van der Waals surface area (Å²) >= 11 is 13.2. The average molecular weight is 450 g/mol. The largest absolute Gasteiger partial charge is 0.243 e. The number of hydrogen-bond acceptors (Lipinski definition) is 5. The molecule has 5 aliphatic rings. The molecule has 2 aliphatic heterocycles. The maximum Gasteiger partial charge on any atom is 0.130 e. The smallest absolute Gasteiger partial charge is 0.130 e. The molecule has 8 unspecified atom stereocenters. The molecule has 0 radical (unpaired) electrons. The van der Waals surface area contributed by atoms with Gasteiger partial charge in [-0.1, -0.05) is 66.1 Å². The third-order valence-electron chi connectivity index (χ3n) is 7.97. The van der Waals surface area contributed by atoms with Gasteiger partial charge in [0.2, 0.25) is 0 Å². The van der Waals surface area contributed by atoms with Crippen LogP contribution in [0.1, 0.15) is 64.2 Å². The molecule has 2 saturated heterocycles. The molecule has 4 N–H and O–H groups in total. The molecular weight excluding hydrogens is 420 g/mol. The predicted octanol–water partition coefficient (Wildman–Crippen LogP) is 4.02. The molecule has 0 amide bonds. The van der Waals surface area contributed by atoms with E-state index in [4.69, 9.17) is 11.6 Å². The van der Waals surface area contributed by atoms with Crippen LogP contribution >= 0.6 is 39.7 Å². The summed E-state index contributed by atoms with van der Waals surface area (Å²) in [7, 11) is 0. The van der Waals surface area contributed by atoms with Crippen molar-refractivity contribution in [1.82, 2.24) is 20.3 Å². The minimum absolute atomic E-state index is 0.0981. The summed E-state index contributed by atoms with van der Waals surface area (Å²) in [6.07, 6.45) is 13.6. The van der Waals surface area contributed by atoms with E-state index < -0.39 is 5.00 Å². The van der Waals surface area contributed by atoms with E-state index in [2.05, 4.69) is 36.2 Å². The van der Waals surface area contributed by atoms with E-state index in [1.54, 1.807) is 12.1 Å². The van der Waals surface area contributed by atoms with E-state index in [9.17, 15) is 0 Å². The van der Waals surface area contributed by atoms with Crippen molar-refractivity contribution in [3.63, 3.8) is 0 Å². The number of halogens is 2. The second kappa shape index (κ2) is 6.78. The van der Waals surface area contributed by atoms with Crippen LogP contribution in [0.2, 0.25) is 0 Å². The highest BCUT2D eigenvalue weighted by Gasteiger charge is 2.73. The van der Waals surface area contributed by atoms with Crippen LogP contribution in [0.15, 0.2) is 0 Å². The van der Waals surface area contributed by atoms with Crippen molar-refractivity contribution in [2.45, 2.75) is 85.7 Å². The van der Waals surface area contributed by atoms with Gasteiger partial charge in [-0.25, -0.2) is 20.3 Å². The topological polar surface area (TPSA) is 48.1 Å². The maximum absolute atomic E-state index is 7.64. The first-order chi connectivity index (χ1) is 12.2. The standard InChI is InChI=1S/C18H30BrClN4S/c19-16-15-17(24-25-22-15)13-9-5-1-3-7-11(13)12-8-4-2-6-10-14(12)18(17,20)23-21-16/h11-16,21-24H,1-10H2. The molecule has 2 heterocycles. The molecule has 25 heavy (non-hydrogen) atoms. The SMILES string of the molecule is ClC12NNC(Br)C3NSNC31C1CCCCCC1C1CCCCCC12. The van der Waals surface area contributed by atoms with Crippen LogP contribution in [0.3, 0.4) is 0 Å². The third kappa shape index (κ3) is 2.47. The molecule has 0 aromatic rings. The van der Waals surface area contributed by atoms with Gasteiger partial charge >= 0.3 is 0 Å². The number of fused-ring (bicyclic) bond motifs is 4. The lowest BCUT2D eigenvalue weighted by atomic mass is 9.51. The number of rotatable bonds is 0. The van der Waals surface area contributed by atoms with Crippen LogP contribution in [0.4, 0.5) is 0 Å². The predicted molar refractivity (Wildman–Crippen MR) is 108 cm³/mol. The fraction of sp³-hybridized carbons (Fsp3) is 1.00. The van der Waals surface area contributed by atoms with Crippen LogP contribution in [0.25, 0.3) is 0 Å². The molecule has 0 aromatic heterocycles. The Kier molecular flexibility index (Phi) is 4.89. The van der Waals surface area contributed by atoms with Gasteiger partial charge in [0.05, 0.1) is 16.5 Å².